The second kappa shape index (κ2) is 6.33. The van der Waals surface area contributed by atoms with Crippen LogP contribution in [0.5, 0.6) is 0 Å². The van der Waals surface area contributed by atoms with Crippen molar-refractivity contribution in [2.45, 2.75) is 19.8 Å². The SMILES string of the molecule is CCNCC(=O)Nc1cccc(NC(=O)C2CC2)c1. The van der Waals surface area contributed by atoms with Crippen LogP contribution >= 0.6 is 0 Å². The molecule has 5 heteroatoms. The maximum absolute atomic E-state index is 11.6. The summed E-state index contributed by atoms with van der Waals surface area (Å²) in [6, 6.07) is 7.20. The second-order valence-electron chi connectivity index (χ2n) is 4.67. The van der Waals surface area contributed by atoms with Gasteiger partial charge in [0.25, 0.3) is 0 Å². The lowest BCUT2D eigenvalue weighted by Gasteiger charge is -2.08. The first-order valence-corrected chi connectivity index (χ1v) is 6.60. The summed E-state index contributed by atoms with van der Waals surface area (Å²) < 4.78 is 0. The number of amides is 2. The van der Waals surface area contributed by atoms with Crippen LogP contribution in [0.1, 0.15) is 19.8 Å². The number of hydrogen-bond donors (Lipinski definition) is 3. The standard InChI is InChI=1S/C14H19N3O2/c1-2-15-9-13(18)16-11-4-3-5-12(8-11)17-14(19)10-6-7-10/h3-5,8,10,15H,2,6-7,9H2,1H3,(H,16,18)(H,17,19). The van der Waals surface area contributed by atoms with Gasteiger partial charge in [0.05, 0.1) is 6.54 Å². The number of anilines is 2. The summed E-state index contributed by atoms with van der Waals surface area (Å²) in [4.78, 5) is 23.2. The van der Waals surface area contributed by atoms with Gasteiger partial charge < -0.3 is 16.0 Å². The van der Waals surface area contributed by atoms with Gasteiger partial charge in [0, 0.05) is 17.3 Å². The zero-order valence-corrected chi connectivity index (χ0v) is 11.0. The Morgan fingerprint density at radius 2 is 1.89 bits per heavy atom. The number of carbonyl (C=O) groups excluding carboxylic acids is 2. The molecule has 1 fully saturated rings. The van der Waals surface area contributed by atoms with E-state index in [2.05, 4.69) is 16.0 Å². The van der Waals surface area contributed by atoms with Crippen molar-refractivity contribution in [3.63, 3.8) is 0 Å². The van der Waals surface area contributed by atoms with Gasteiger partial charge in [-0.05, 0) is 37.6 Å². The minimum atomic E-state index is -0.0903. The fourth-order valence-corrected chi connectivity index (χ4v) is 1.71. The van der Waals surface area contributed by atoms with E-state index in [1.165, 1.54) is 0 Å². The summed E-state index contributed by atoms with van der Waals surface area (Å²) in [6.45, 7) is 2.99. The van der Waals surface area contributed by atoms with Crippen molar-refractivity contribution < 1.29 is 9.59 Å². The Morgan fingerprint density at radius 1 is 1.21 bits per heavy atom. The molecule has 0 aromatic heterocycles. The minimum Gasteiger partial charge on any atom is -0.326 e. The highest BCUT2D eigenvalue weighted by Crippen LogP contribution is 2.30. The van der Waals surface area contributed by atoms with Crippen molar-refractivity contribution in [2.24, 2.45) is 5.92 Å². The number of benzene rings is 1. The molecular weight excluding hydrogens is 242 g/mol. The quantitative estimate of drug-likeness (QED) is 0.728. The molecule has 2 rings (SSSR count). The predicted octanol–water partition coefficient (Wildman–Crippen LogP) is 1.58. The highest BCUT2D eigenvalue weighted by molar-refractivity contribution is 5.96. The fourth-order valence-electron chi connectivity index (χ4n) is 1.71. The molecule has 0 spiro atoms. The van der Waals surface area contributed by atoms with E-state index in [-0.39, 0.29) is 24.3 Å². The summed E-state index contributed by atoms with van der Waals surface area (Å²) >= 11 is 0. The summed E-state index contributed by atoms with van der Waals surface area (Å²) in [6.07, 6.45) is 1.95. The van der Waals surface area contributed by atoms with E-state index in [0.717, 1.165) is 25.1 Å². The number of carbonyl (C=O) groups is 2. The minimum absolute atomic E-state index is 0.0659. The van der Waals surface area contributed by atoms with E-state index in [0.29, 0.717) is 5.69 Å². The summed E-state index contributed by atoms with van der Waals surface area (Å²) in [7, 11) is 0. The molecule has 2 amide bonds. The molecule has 1 aliphatic carbocycles. The zero-order valence-electron chi connectivity index (χ0n) is 11.0. The topological polar surface area (TPSA) is 70.2 Å². The third-order valence-electron chi connectivity index (χ3n) is 2.90. The molecule has 1 aliphatic rings. The Balaban J connectivity index is 1.90. The van der Waals surface area contributed by atoms with Crippen LogP contribution < -0.4 is 16.0 Å². The van der Waals surface area contributed by atoms with Crippen LogP contribution in [-0.2, 0) is 9.59 Å². The van der Waals surface area contributed by atoms with E-state index in [1.54, 1.807) is 12.1 Å². The summed E-state index contributed by atoms with van der Waals surface area (Å²) in [5, 5.41) is 8.59. The maximum Gasteiger partial charge on any atom is 0.238 e. The molecule has 0 bridgehead atoms. The maximum atomic E-state index is 11.6. The van der Waals surface area contributed by atoms with Gasteiger partial charge in [0.2, 0.25) is 11.8 Å². The lowest BCUT2D eigenvalue weighted by molar-refractivity contribution is -0.117. The van der Waals surface area contributed by atoms with Crippen molar-refractivity contribution in [1.82, 2.24) is 5.32 Å². The van der Waals surface area contributed by atoms with Gasteiger partial charge >= 0.3 is 0 Å². The third-order valence-corrected chi connectivity index (χ3v) is 2.90. The molecule has 1 aromatic carbocycles. The zero-order chi connectivity index (χ0) is 13.7. The van der Waals surface area contributed by atoms with Crippen LogP contribution in [0.15, 0.2) is 24.3 Å². The van der Waals surface area contributed by atoms with Gasteiger partial charge in [-0.2, -0.15) is 0 Å². The molecule has 1 saturated carbocycles. The van der Waals surface area contributed by atoms with E-state index >= 15 is 0 Å². The van der Waals surface area contributed by atoms with E-state index in [4.69, 9.17) is 0 Å². The first-order chi connectivity index (χ1) is 9.19. The van der Waals surface area contributed by atoms with Crippen LogP contribution in [0, 0.1) is 5.92 Å². The van der Waals surface area contributed by atoms with E-state index in [9.17, 15) is 9.59 Å². The average molecular weight is 261 g/mol. The van der Waals surface area contributed by atoms with E-state index < -0.39 is 0 Å². The molecule has 0 atom stereocenters. The van der Waals surface area contributed by atoms with Crippen LogP contribution in [-0.4, -0.2) is 24.9 Å². The molecule has 0 radical (unpaired) electrons. The Kier molecular flexibility index (Phi) is 4.52. The molecule has 3 N–H and O–H groups in total. The Morgan fingerprint density at radius 3 is 2.53 bits per heavy atom. The van der Waals surface area contributed by atoms with Gasteiger partial charge in [-0.15, -0.1) is 0 Å². The van der Waals surface area contributed by atoms with Crippen molar-refractivity contribution in [3.8, 4) is 0 Å². The summed E-state index contributed by atoms with van der Waals surface area (Å²) in [5.74, 6) is 0.149. The monoisotopic (exact) mass is 261 g/mol. The molecule has 0 unspecified atom stereocenters. The number of nitrogens with one attached hydrogen (secondary N) is 3. The molecule has 0 aliphatic heterocycles. The van der Waals surface area contributed by atoms with E-state index in [1.807, 2.05) is 19.1 Å². The van der Waals surface area contributed by atoms with Crippen LogP contribution in [0.4, 0.5) is 11.4 Å². The highest BCUT2D eigenvalue weighted by Gasteiger charge is 2.29. The third kappa shape index (κ3) is 4.37. The largest absolute Gasteiger partial charge is 0.326 e. The van der Waals surface area contributed by atoms with Crippen molar-refractivity contribution >= 4 is 23.2 Å². The number of hydrogen-bond acceptors (Lipinski definition) is 3. The fraction of sp³-hybridized carbons (Fsp3) is 0.429. The molecule has 1 aromatic rings. The lowest BCUT2D eigenvalue weighted by atomic mass is 10.2. The number of likely N-dealkylation sites (N-methyl/N-ethyl adjacent to an activating group) is 1. The Hall–Kier alpha value is -1.88. The van der Waals surface area contributed by atoms with Crippen molar-refractivity contribution in [1.29, 1.82) is 0 Å². The van der Waals surface area contributed by atoms with Crippen LogP contribution in [0.2, 0.25) is 0 Å². The van der Waals surface area contributed by atoms with Crippen molar-refractivity contribution in [2.75, 3.05) is 23.7 Å². The second-order valence-corrected chi connectivity index (χ2v) is 4.67. The molecule has 5 nitrogen and oxygen atoms in total. The summed E-state index contributed by atoms with van der Waals surface area (Å²) in [5.41, 5.74) is 1.41. The van der Waals surface area contributed by atoms with Gasteiger partial charge in [-0.1, -0.05) is 13.0 Å². The highest BCUT2D eigenvalue weighted by atomic mass is 16.2. The predicted molar refractivity (Wildman–Crippen MR) is 75.0 cm³/mol. The molecule has 0 saturated heterocycles. The van der Waals surface area contributed by atoms with Crippen molar-refractivity contribution in [3.05, 3.63) is 24.3 Å². The van der Waals surface area contributed by atoms with Crippen LogP contribution in [0.3, 0.4) is 0 Å². The first-order valence-electron chi connectivity index (χ1n) is 6.60. The average Bonchev–Trinajstić information content (AvgIpc) is 3.21. The Bertz CT molecular complexity index is 470. The molecule has 102 valence electrons. The first kappa shape index (κ1) is 13.5. The normalized spacial score (nSPS) is 13.9. The van der Waals surface area contributed by atoms with Gasteiger partial charge in [0.1, 0.15) is 0 Å². The lowest BCUT2D eigenvalue weighted by Crippen LogP contribution is -2.27. The number of rotatable bonds is 6. The molecule has 19 heavy (non-hydrogen) atoms. The molecular formula is C14H19N3O2. The van der Waals surface area contributed by atoms with Gasteiger partial charge in [-0.3, -0.25) is 9.59 Å². The molecule has 0 heterocycles. The van der Waals surface area contributed by atoms with Crippen LogP contribution in [0.25, 0.3) is 0 Å². The van der Waals surface area contributed by atoms with Gasteiger partial charge in [-0.25, -0.2) is 0 Å². The van der Waals surface area contributed by atoms with Gasteiger partial charge in [0.15, 0.2) is 0 Å². The Labute approximate surface area is 112 Å². The smallest absolute Gasteiger partial charge is 0.238 e.